The van der Waals surface area contributed by atoms with Gasteiger partial charge in [-0.25, -0.2) is 13.1 Å². The molecule has 1 aromatic heterocycles. The molecule has 0 radical (unpaired) electrons. The summed E-state index contributed by atoms with van der Waals surface area (Å²) in [4.78, 5) is 17.3. The number of amidine groups is 1. The minimum Gasteiger partial charge on any atom is -0.322 e. The van der Waals surface area contributed by atoms with Crippen molar-refractivity contribution in [2.75, 3.05) is 11.9 Å². The van der Waals surface area contributed by atoms with E-state index in [1.54, 1.807) is 28.9 Å². The van der Waals surface area contributed by atoms with Crippen molar-refractivity contribution in [3.05, 3.63) is 71.0 Å². The number of carbonyl (C=O) groups is 1. The Labute approximate surface area is 197 Å². The minimum absolute atomic E-state index is 0.00651. The fourth-order valence-corrected chi connectivity index (χ4v) is 4.91. The van der Waals surface area contributed by atoms with Gasteiger partial charge in [-0.05, 0) is 54.8 Å². The van der Waals surface area contributed by atoms with Crippen LogP contribution in [0.5, 0.6) is 0 Å². The van der Waals surface area contributed by atoms with E-state index >= 15 is 0 Å². The number of anilines is 1. The number of halogens is 1. The molecule has 8 nitrogen and oxygen atoms in total. The lowest BCUT2D eigenvalue weighted by Gasteiger charge is -2.13. The first-order valence-electron chi connectivity index (χ1n) is 10.6. The summed E-state index contributed by atoms with van der Waals surface area (Å²) in [5, 5.41) is 7.82. The summed E-state index contributed by atoms with van der Waals surface area (Å²) in [5.41, 5.74) is 2.30. The first-order valence-corrected chi connectivity index (χ1v) is 12.4. The zero-order chi connectivity index (χ0) is 23.6. The molecule has 10 heteroatoms. The highest BCUT2D eigenvalue weighted by Crippen LogP contribution is 2.25. The Bertz CT molecular complexity index is 1310. The molecule has 0 atom stereocenters. The topological polar surface area (TPSA) is 105 Å². The number of rotatable bonds is 6. The van der Waals surface area contributed by atoms with Gasteiger partial charge in [0.15, 0.2) is 0 Å². The monoisotopic (exact) mass is 485 g/mol. The van der Waals surface area contributed by atoms with E-state index in [0.717, 1.165) is 17.8 Å². The van der Waals surface area contributed by atoms with Gasteiger partial charge in [-0.15, -0.1) is 0 Å². The third-order valence-electron chi connectivity index (χ3n) is 5.20. The number of amides is 1. The van der Waals surface area contributed by atoms with Crippen molar-refractivity contribution in [1.82, 2.24) is 14.5 Å². The lowest BCUT2D eigenvalue weighted by molar-refractivity contribution is 0.102. The number of benzene rings is 2. The predicted molar refractivity (Wildman–Crippen MR) is 129 cm³/mol. The largest absolute Gasteiger partial charge is 0.322 e. The van der Waals surface area contributed by atoms with Gasteiger partial charge in [-0.1, -0.05) is 31.5 Å². The number of aromatic nitrogens is 2. The molecule has 0 unspecified atom stereocenters. The standard InChI is InChI=1S/C23H24ClN5O3S/c1-15(2)22-20(14-26-29(22)18-10-8-16(24)9-11-18)23(30)27-17-5-3-6-19(13-17)33(31,32)28-21-7-4-12-25-21/h3,5-6,8-11,13-15H,4,7,12H2,1-2H3,(H,25,28)(H,27,30). The number of aliphatic imine (C=N–C) groups is 1. The number of sulfonamides is 1. The normalized spacial score (nSPS) is 13.8. The van der Waals surface area contributed by atoms with Crippen molar-refractivity contribution in [2.45, 2.75) is 37.5 Å². The summed E-state index contributed by atoms with van der Waals surface area (Å²) >= 11 is 5.99. The molecule has 1 aliphatic rings. The second kappa shape index (κ2) is 9.36. The Morgan fingerprint density at radius 3 is 2.58 bits per heavy atom. The van der Waals surface area contributed by atoms with Gasteiger partial charge in [0.05, 0.1) is 28.0 Å². The average molecular weight is 486 g/mol. The number of carbonyl (C=O) groups excluding carboxylic acids is 1. The zero-order valence-corrected chi connectivity index (χ0v) is 19.8. The zero-order valence-electron chi connectivity index (χ0n) is 18.2. The van der Waals surface area contributed by atoms with Gasteiger partial charge >= 0.3 is 0 Å². The molecule has 2 heterocycles. The summed E-state index contributed by atoms with van der Waals surface area (Å²) in [7, 11) is -3.78. The van der Waals surface area contributed by atoms with Gasteiger partial charge in [0.25, 0.3) is 15.9 Å². The Hall–Kier alpha value is -3.17. The summed E-state index contributed by atoms with van der Waals surface area (Å²) in [6.07, 6.45) is 2.95. The molecule has 0 bridgehead atoms. The highest BCUT2D eigenvalue weighted by Gasteiger charge is 2.22. The first kappa shape index (κ1) is 23.0. The van der Waals surface area contributed by atoms with Crippen LogP contribution in [-0.4, -0.2) is 36.5 Å². The van der Waals surface area contributed by atoms with E-state index in [1.165, 1.54) is 18.3 Å². The Balaban J connectivity index is 1.59. The van der Waals surface area contributed by atoms with Gasteiger partial charge in [0.1, 0.15) is 5.84 Å². The van der Waals surface area contributed by atoms with Gasteiger partial charge in [0.2, 0.25) is 0 Å². The summed E-state index contributed by atoms with van der Waals surface area (Å²) in [5.74, 6) is 0.0919. The molecule has 1 amide bonds. The van der Waals surface area contributed by atoms with Crippen molar-refractivity contribution in [2.24, 2.45) is 4.99 Å². The van der Waals surface area contributed by atoms with Crippen LogP contribution in [0.3, 0.4) is 0 Å². The van der Waals surface area contributed by atoms with E-state index in [1.807, 2.05) is 26.0 Å². The maximum absolute atomic E-state index is 13.1. The Morgan fingerprint density at radius 1 is 1.15 bits per heavy atom. The minimum atomic E-state index is -3.78. The molecule has 3 aromatic rings. The van der Waals surface area contributed by atoms with E-state index in [4.69, 9.17) is 11.6 Å². The van der Waals surface area contributed by atoms with Crippen molar-refractivity contribution in [3.63, 3.8) is 0 Å². The molecule has 0 aliphatic carbocycles. The lowest BCUT2D eigenvalue weighted by Crippen LogP contribution is -2.29. The smallest absolute Gasteiger partial charge is 0.262 e. The first-order chi connectivity index (χ1) is 15.7. The van der Waals surface area contributed by atoms with Crippen LogP contribution in [0.2, 0.25) is 5.02 Å². The van der Waals surface area contributed by atoms with E-state index in [2.05, 4.69) is 20.1 Å². The fraction of sp³-hybridized carbons (Fsp3) is 0.261. The highest BCUT2D eigenvalue weighted by atomic mass is 35.5. The Kier molecular flexibility index (Phi) is 6.53. The summed E-state index contributed by atoms with van der Waals surface area (Å²) in [6.45, 7) is 4.57. The van der Waals surface area contributed by atoms with Crippen molar-refractivity contribution in [1.29, 1.82) is 0 Å². The molecule has 1 aliphatic heterocycles. The quantitative estimate of drug-likeness (QED) is 0.540. The Morgan fingerprint density at radius 2 is 1.91 bits per heavy atom. The van der Waals surface area contributed by atoms with E-state index in [0.29, 0.717) is 35.1 Å². The third kappa shape index (κ3) is 5.09. The second-order valence-corrected chi connectivity index (χ2v) is 10.1. The lowest BCUT2D eigenvalue weighted by atomic mass is 10.0. The number of nitrogens with one attached hydrogen (secondary N) is 2. The van der Waals surface area contributed by atoms with Crippen LogP contribution >= 0.6 is 11.6 Å². The molecule has 2 N–H and O–H groups in total. The number of hydrogen-bond donors (Lipinski definition) is 2. The van der Waals surface area contributed by atoms with Crippen LogP contribution in [0.4, 0.5) is 5.69 Å². The fourth-order valence-electron chi connectivity index (χ4n) is 3.65. The molecule has 172 valence electrons. The van der Waals surface area contributed by atoms with Crippen molar-refractivity contribution in [3.8, 4) is 5.69 Å². The molecule has 0 saturated heterocycles. The van der Waals surface area contributed by atoms with Crippen LogP contribution in [0, 0.1) is 0 Å². The number of hydrogen-bond acceptors (Lipinski definition) is 5. The van der Waals surface area contributed by atoms with Gasteiger partial charge in [0, 0.05) is 23.7 Å². The summed E-state index contributed by atoms with van der Waals surface area (Å²) < 4.78 is 29.6. The van der Waals surface area contributed by atoms with E-state index in [-0.39, 0.29) is 16.7 Å². The van der Waals surface area contributed by atoms with Crippen LogP contribution < -0.4 is 10.0 Å². The van der Waals surface area contributed by atoms with Gasteiger partial charge < -0.3 is 5.32 Å². The maximum atomic E-state index is 13.1. The summed E-state index contributed by atoms with van der Waals surface area (Å²) in [6, 6.07) is 13.3. The molecular formula is C23H24ClN5O3S. The highest BCUT2D eigenvalue weighted by molar-refractivity contribution is 7.90. The molecule has 0 fully saturated rings. The average Bonchev–Trinajstić information content (AvgIpc) is 3.44. The van der Waals surface area contributed by atoms with E-state index < -0.39 is 10.0 Å². The predicted octanol–water partition coefficient (Wildman–Crippen LogP) is 4.37. The second-order valence-electron chi connectivity index (χ2n) is 8.01. The molecule has 0 saturated carbocycles. The molecule has 0 spiro atoms. The molecule has 4 rings (SSSR count). The van der Waals surface area contributed by atoms with Gasteiger partial charge in [-0.3, -0.25) is 14.5 Å². The van der Waals surface area contributed by atoms with Crippen molar-refractivity contribution < 1.29 is 13.2 Å². The van der Waals surface area contributed by atoms with Gasteiger partial charge in [-0.2, -0.15) is 5.10 Å². The van der Waals surface area contributed by atoms with Crippen LogP contribution in [0.1, 0.15) is 48.7 Å². The SMILES string of the molecule is CC(C)c1c(C(=O)Nc2cccc(S(=O)(=O)NC3=NCCC3)c2)cnn1-c1ccc(Cl)cc1. The van der Waals surface area contributed by atoms with Crippen LogP contribution in [0.15, 0.2) is 64.6 Å². The van der Waals surface area contributed by atoms with Crippen molar-refractivity contribution >= 4 is 39.1 Å². The molecular weight excluding hydrogens is 462 g/mol. The molecule has 33 heavy (non-hydrogen) atoms. The molecule has 2 aromatic carbocycles. The van der Waals surface area contributed by atoms with Crippen LogP contribution in [-0.2, 0) is 10.0 Å². The van der Waals surface area contributed by atoms with Crippen LogP contribution in [0.25, 0.3) is 5.69 Å². The third-order valence-corrected chi connectivity index (χ3v) is 6.83. The maximum Gasteiger partial charge on any atom is 0.262 e. The van der Waals surface area contributed by atoms with E-state index in [9.17, 15) is 13.2 Å². The number of nitrogens with zero attached hydrogens (tertiary/aromatic N) is 3.